The van der Waals surface area contributed by atoms with Gasteiger partial charge >= 0.3 is 6.02 Å². The largest absolute Gasteiger partial charge is 0.464 e. The third kappa shape index (κ3) is 1.96. The number of fused-ring (bicyclic) bond motifs is 4. The average molecular weight is 332 g/mol. The highest BCUT2D eigenvalue weighted by molar-refractivity contribution is 6.07. The number of aliphatic imine (C=N–C) groups is 2. The number of hydrogen-bond acceptors (Lipinski definition) is 7. The quantitative estimate of drug-likeness (QED) is 0.738. The van der Waals surface area contributed by atoms with Gasteiger partial charge in [-0.1, -0.05) is 24.3 Å². The summed E-state index contributed by atoms with van der Waals surface area (Å²) in [6, 6.07) is 14.8. The van der Waals surface area contributed by atoms with Gasteiger partial charge < -0.3 is 14.9 Å². The van der Waals surface area contributed by atoms with Crippen LogP contribution in [0.5, 0.6) is 5.75 Å². The SMILES string of the molecule is NC1=NC(c2coc3ccccc3c2=O)N2C(=N1)Oc1ccccc12. The molecule has 7 nitrogen and oxygen atoms in total. The highest BCUT2D eigenvalue weighted by Crippen LogP contribution is 2.41. The van der Waals surface area contributed by atoms with Gasteiger partial charge in [0, 0.05) is 0 Å². The van der Waals surface area contributed by atoms with Gasteiger partial charge in [0.25, 0.3) is 0 Å². The maximum Gasteiger partial charge on any atom is 0.307 e. The van der Waals surface area contributed by atoms with Crippen LogP contribution in [0.4, 0.5) is 5.69 Å². The second-order valence-electron chi connectivity index (χ2n) is 5.71. The number of benzene rings is 2. The first-order valence-corrected chi connectivity index (χ1v) is 7.71. The van der Waals surface area contributed by atoms with E-state index in [1.54, 1.807) is 23.1 Å². The lowest BCUT2D eigenvalue weighted by Crippen LogP contribution is -2.40. The Labute approximate surface area is 141 Å². The molecule has 0 saturated heterocycles. The van der Waals surface area contributed by atoms with Crippen molar-refractivity contribution in [2.45, 2.75) is 6.17 Å². The molecule has 2 aliphatic heterocycles. The molecule has 1 unspecified atom stereocenters. The summed E-state index contributed by atoms with van der Waals surface area (Å²) >= 11 is 0. The number of rotatable bonds is 1. The first-order chi connectivity index (χ1) is 12.2. The minimum Gasteiger partial charge on any atom is -0.464 e. The van der Waals surface area contributed by atoms with Gasteiger partial charge in [-0.05, 0) is 24.3 Å². The second-order valence-corrected chi connectivity index (χ2v) is 5.71. The summed E-state index contributed by atoms with van der Waals surface area (Å²) in [5.41, 5.74) is 7.35. The zero-order valence-corrected chi connectivity index (χ0v) is 12.9. The van der Waals surface area contributed by atoms with Crippen molar-refractivity contribution in [2.75, 3.05) is 4.90 Å². The van der Waals surface area contributed by atoms with E-state index in [0.717, 1.165) is 5.69 Å². The third-order valence-electron chi connectivity index (χ3n) is 4.23. The van der Waals surface area contributed by atoms with Crippen molar-refractivity contribution < 1.29 is 9.15 Å². The van der Waals surface area contributed by atoms with Crippen molar-refractivity contribution in [3.05, 3.63) is 70.6 Å². The molecule has 0 saturated carbocycles. The van der Waals surface area contributed by atoms with Gasteiger partial charge in [0.2, 0.25) is 5.96 Å². The normalized spacial score (nSPS) is 18.2. The van der Waals surface area contributed by atoms with Gasteiger partial charge in [-0.2, -0.15) is 4.99 Å². The first-order valence-electron chi connectivity index (χ1n) is 7.71. The number of nitrogens with zero attached hydrogens (tertiary/aromatic N) is 3. The third-order valence-corrected chi connectivity index (χ3v) is 4.23. The molecular weight excluding hydrogens is 320 g/mol. The predicted octanol–water partition coefficient (Wildman–Crippen LogP) is 2.37. The molecule has 0 radical (unpaired) electrons. The molecular formula is C18H12N4O3. The first kappa shape index (κ1) is 13.8. The molecule has 2 aromatic carbocycles. The average Bonchev–Trinajstić information content (AvgIpc) is 3.00. The standard InChI is InChI=1S/C18H12N4O3/c19-17-20-16(11-9-24-13-7-3-1-5-10(13)15(11)23)22-12-6-2-4-8-14(12)25-18(22)21-17/h1-9,16H,(H2,19,20). The van der Waals surface area contributed by atoms with Crippen molar-refractivity contribution in [3.63, 3.8) is 0 Å². The zero-order chi connectivity index (χ0) is 17.0. The molecule has 2 aliphatic rings. The van der Waals surface area contributed by atoms with Gasteiger partial charge in [-0.25, -0.2) is 4.99 Å². The van der Waals surface area contributed by atoms with Crippen LogP contribution in [0.1, 0.15) is 11.7 Å². The van der Waals surface area contributed by atoms with Crippen molar-refractivity contribution in [1.82, 2.24) is 0 Å². The van der Waals surface area contributed by atoms with Gasteiger partial charge in [0.15, 0.2) is 17.3 Å². The molecule has 2 N–H and O–H groups in total. The number of nitrogens with two attached hydrogens (primary N) is 1. The van der Waals surface area contributed by atoms with E-state index in [1.165, 1.54) is 6.26 Å². The van der Waals surface area contributed by atoms with Crippen LogP contribution in [0.25, 0.3) is 11.0 Å². The Hall–Kier alpha value is -3.61. The molecule has 1 atom stereocenters. The van der Waals surface area contributed by atoms with Crippen LogP contribution in [-0.4, -0.2) is 12.0 Å². The molecule has 0 fully saturated rings. The maximum atomic E-state index is 13.0. The molecule has 3 aromatic rings. The molecule has 0 amide bonds. The van der Waals surface area contributed by atoms with Crippen LogP contribution >= 0.6 is 0 Å². The molecule has 7 heteroatoms. The number of amidine groups is 1. The zero-order valence-electron chi connectivity index (χ0n) is 12.9. The summed E-state index contributed by atoms with van der Waals surface area (Å²) in [5.74, 6) is 0.693. The van der Waals surface area contributed by atoms with Gasteiger partial charge in [-0.15, -0.1) is 0 Å². The Bertz CT molecular complexity index is 1130. The van der Waals surface area contributed by atoms with Gasteiger partial charge in [-0.3, -0.25) is 9.69 Å². The van der Waals surface area contributed by atoms with E-state index in [-0.39, 0.29) is 11.4 Å². The monoisotopic (exact) mass is 332 g/mol. The highest BCUT2D eigenvalue weighted by atomic mass is 16.5. The van der Waals surface area contributed by atoms with E-state index in [1.807, 2.05) is 30.3 Å². The van der Waals surface area contributed by atoms with Crippen LogP contribution in [0.2, 0.25) is 0 Å². The number of hydrogen-bond donors (Lipinski definition) is 1. The van der Waals surface area contributed by atoms with E-state index in [9.17, 15) is 4.79 Å². The molecule has 1 aromatic heterocycles. The Kier molecular flexibility index (Phi) is 2.73. The predicted molar refractivity (Wildman–Crippen MR) is 93.8 cm³/mol. The van der Waals surface area contributed by atoms with Crippen LogP contribution in [-0.2, 0) is 0 Å². The van der Waals surface area contributed by atoms with Gasteiger partial charge in [0.1, 0.15) is 11.8 Å². The number of ether oxygens (including phenoxy) is 1. The molecule has 0 spiro atoms. The lowest BCUT2D eigenvalue weighted by molar-refractivity contribution is 0.543. The topological polar surface area (TPSA) is 93.4 Å². The molecule has 0 aliphatic carbocycles. The lowest BCUT2D eigenvalue weighted by Gasteiger charge is -2.27. The smallest absolute Gasteiger partial charge is 0.307 e. The maximum absolute atomic E-state index is 13.0. The molecule has 0 bridgehead atoms. The van der Waals surface area contributed by atoms with Crippen LogP contribution < -0.4 is 20.8 Å². The van der Waals surface area contributed by atoms with E-state index >= 15 is 0 Å². The summed E-state index contributed by atoms with van der Waals surface area (Å²) in [6.45, 7) is 0. The van der Waals surface area contributed by atoms with Crippen LogP contribution in [0.15, 0.2) is 74.0 Å². The molecule has 122 valence electrons. The molecule has 25 heavy (non-hydrogen) atoms. The summed E-state index contributed by atoms with van der Waals surface area (Å²) in [6.07, 6.45) is 0.729. The fourth-order valence-electron chi connectivity index (χ4n) is 3.10. The van der Waals surface area contributed by atoms with Crippen LogP contribution in [0, 0.1) is 0 Å². The minimum atomic E-state index is -0.697. The summed E-state index contributed by atoms with van der Waals surface area (Å²) in [7, 11) is 0. The van der Waals surface area contributed by atoms with E-state index < -0.39 is 6.17 Å². The molecule has 3 heterocycles. The second kappa shape index (κ2) is 4.94. The summed E-state index contributed by atoms with van der Waals surface area (Å²) in [5, 5.41) is 0.492. The Balaban J connectivity index is 1.73. The fraction of sp³-hybridized carbons (Fsp3) is 0.0556. The van der Waals surface area contributed by atoms with Crippen molar-refractivity contribution in [2.24, 2.45) is 15.7 Å². The summed E-state index contributed by atoms with van der Waals surface area (Å²) in [4.78, 5) is 23.2. The Morgan fingerprint density at radius 1 is 1.08 bits per heavy atom. The van der Waals surface area contributed by atoms with Crippen molar-refractivity contribution in [3.8, 4) is 5.75 Å². The van der Waals surface area contributed by atoms with E-state index in [0.29, 0.717) is 28.3 Å². The summed E-state index contributed by atoms with van der Waals surface area (Å²) < 4.78 is 11.4. The highest BCUT2D eigenvalue weighted by Gasteiger charge is 2.38. The Morgan fingerprint density at radius 2 is 1.88 bits per heavy atom. The van der Waals surface area contributed by atoms with E-state index in [2.05, 4.69) is 9.98 Å². The number of para-hydroxylation sites is 3. The minimum absolute atomic E-state index is 0.0524. The number of guanidine groups is 1. The van der Waals surface area contributed by atoms with Crippen molar-refractivity contribution >= 4 is 28.6 Å². The molecule has 5 rings (SSSR count). The van der Waals surface area contributed by atoms with Gasteiger partial charge in [0.05, 0.1) is 16.6 Å². The van der Waals surface area contributed by atoms with Crippen molar-refractivity contribution in [1.29, 1.82) is 0 Å². The van der Waals surface area contributed by atoms with E-state index in [4.69, 9.17) is 14.9 Å². The number of anilines is 1. The Morgan fingerprint density at radius 3 is 2.80 bits per heavy atom. The lowest BCUT2D eigenvalue weighted by atomic mass is 10.1. The fourth-order valence-corrected chi connectivity index (χ4v) is 3.10. The van der Waals surface area contributed by atoms with Crippen LogP contribution in [0.3, 0.4) is 0 Å².